The third-order valence-electron chi connectivity index (χ3n) is 4.88. The molecule has 0 spiro atoms. The molecule has 1 aliphatic rings. The Bertz CT molecular complexity index is 755. The molecule has 140 valence electrons. The van der Waals surface area contributed by atoms with Crippen molar-refractivity contribution in [1.82, 2.24) is 19.7 Å². The van der Waals surface area contributed by atoms with Gasteiger partial charge >= 0.3 is 0 Å². The minimum Gasteiger partial charge on any atom is -0.342 e. The summed E-state index contributed by atoms with van der Waals surface area (Å²) in [5.74, 6) is 1.46. The van der Waals surface area contributed by atoms with E-state index in [4.69, 9.17) is 0 Å². The largest absolute Gasteiger partial charge is 0.342 e. The van der Waals surface area contributed by atoms with Crippen LogP contribution in [-0.2, 0) is 17.3 Å². The van der Waals surface area contributed by atoms with E-state index >= 15 is 0 Å². The second-order valence-corrected chi connectivity index (χ2v) is 8.87. The molecule has 26 heavy (non-hydrogen) atoms. The van der Waals surface area contributed by atoms with Gasteiger partial charge in [-0.15, -0.1) is 10.2 Å². The summed E-state index contributed by atoms with van der Waals surface area (Å²) < 4.78 is 1.97. The SMILES string of the molecule is Cn1c(SCC(=O)N2CCCCC2)nnc1-c1ccc(C(C)(C)C)cc1. The molecule has 0 saturated carbocycles. The molecule has 5 nitrogen and oxygen atoms in total. The number of nitrogens with zero attached hydrogens (tertiary/aromatic N) is 4. The minimum atomic E-state index is 0.133. The van der Waals surface area contributed by atoms with Gasteiger partial charge in [0.2, 0.25) is 5.91 Å². The summed E-state index contributed by atoms with van der Waals surface area (Å²) in [4.78, 5) is 14.3. The number of benzene rings is 1. The fraction of sp³-hybridized carbons (Fsp3) is 0.550. The van der Waals surface area contributed by atoms with Crippen LogP contribution in [0, 0.1) is 0 Å². The van der Waals surface area contributed by atoms with E-state index in [9.17, 15) is 4.79 Å². The average Bonchev–Trinajstić information content (AvgIpc) is 3.00. The number of thioether (sulfide) groups is 1. The maximum absolute atomic E-state index is 12.3. The first-order chi connectivity index (χ1) is 12.4. The first kappa shape index (κ1) is 19.0. The van der Waals surface area contributed by atoms with Crippen molar-refractivity contribution in [3.05, 3.63) is 29.8 Å². The Morgan fingerprint density at radius 3 is 2.35 bits per heavy atom. The Hall–Kier alpha value is -1.82. The van der Waals surface area contributed by atoms with Crippen molar-refractivity contribution in [1.29, 1.82) is 0 Å². The molecule has 1 amide bonds. The van der Waals surface area contributed by atoms with Gasteiger partial charge in [-0.25, -0.2) is 0 Å². The highest BCUT2D eigenvalue weighted by molar-refractivity contribution is 7.99. The molecule has 1 aliphatic heterocycles. The molecule has 0 N–H and O–H groups in total. The van der Waals surface area contributed by atoms with Crippen molar-refractivity contribution in [3.63, 3.8) is 0 Å². The second kappa shape index (κ2) is 7.82. The Morgan fingerprint density at radius 1 is 1.08 bits per heavy atom. The highest BCUT2D eigenvalue weighted by Crippen LogP contribution is 2.27. The molecule has 0 aliphatic carbocycles. The van der Waals surface area contributed by atoms with Crippen LogP contribution in [0.15, 0.2) is 29.4 Å². The molecule has 2 aromatic rings. The molecule has 0 radical (unpaired) electrons. The number of hydrogen-bond acceptors (Lipinski definition) is 4. The lowest BCUT2D eigenvalue weighted by Crippen LogP contribution is -2.36. The van der Waals surface area contributed by atoms with Gasteiger partial charge in [0, 0.05) is 25.7 Å². The van der Waals surface area contributed by atoms with Crippen molar-refractivity contribution in [2.24, 2.45) is 7.05 Å². The maximum atomic E-state index is 12.3. The van der Waals surface area contributed by atoms with Crippen LogP contribution in [-0.4, -0.2) is 44.4 Å². The summed E-state index contributed by atoms with van der Waals surface area (Å²) in [6.07, 6.45) is 3.47. The minimum absolute atomic E-state index is 0.133. The van der Waals surface area contributed by atoms with Gasteiger partial charge in [-0.1, -0.05) is 56.8 Å². The van der Waals surface area contributed by atoms with E-state index in [0.29, 0.717) is 5.75 Å². The fourth-order valence-corrected chi connectivity index (χ4v) is 3.99. The van der Waals surface area contributed by atoms with Crippen LogP contribution in [0.1, 0.15) is 45.6 Å². The normalized spacial score (nSPS) is 15.3. The van der Waals surface area contributed by atoms with Crippen molar-refractivity contribution in [3.8, 4) is 11.4 Å². The van der Waals surface area contributed by atoms with Crippen LogP contribution in [0.5, 0.6) is 0 Å². The smallest absolute Gasteiger partial charge is 0.233 e. The summed E-state index contributed by atoms with van der Waals surface area (Å²) in [5, 5.41) is 9.40. The summed E-state index contributed by atoms with van der Waals surface area (Å²) >= 11 is 1.47. The van der Waals surface area contributed by atoms with Crippen LogP contribution in [0.3, 0.4) is 0 Å². The third kappa shape index (κ3) is 4.29. The number of rotatable bonds is 4. The third-order valence-corrected chi connectivity index (χ3v) is 5.88. The van der Waals surface area contributed by atoms with Gasteiger partial charge in [0.1, 0.15) is 0 Å². The zero-order chi connectivity index (χ0) is 18.7. The van der Waals surface area contributed by atoms with Gasteiger partial charge in [-0.05, 0) is 30.2 Å². The zero-order valence-electron chi connectivity index (χ0n) is 16.2. The number of carbonyl (C=O) groups is 1. The van der Waals surface area contributed by atoms with Crippen molar-refractivity contribution >= 4 is 17.7 Å². The standard InChI is InChI=1S/C20H28N4OS/c1-20(2,3)16-10-8-15(9-11-16)18-21-22-19(23(18)4)26-14-17(25)24-12-6-5-7-13-24/h8-11H,5-7,12-14H2,1-4H3. The van der Waals surface area contributed by atoms with E-state index < -0.39 is 0 Å². The predicted octanol–water partition coefficient (Wildman–Crippen LogP) is 3.88. The lowest BCUT2D eigenvalue weighted by Gasteiger charge is -2.26. The molecule has 6 heteroatoms. The molecular weight excluding hydrogens is 344 g/mol. The molecule has 0 atom stereocenters. The number of amides is 1. The van der Waals surface area contributed by atoms with Crippen molar-refractivity contribution < 1.29 is 4.79 Å². The van der Waals surface area contributed by atoms with Gasteiger partial charge in [0.15, 0.2) is 11.0 Å². The van der Waals surface area contributed by atoms with Crippen LogP contribution in [0.4, 0.5) is 0 Å². The van der Waals surface area contributed by atoms with E-state index in [-0.39, 0.29) is 11.3 Å². The molecule has 2 heterocycles. The molecule has 1 fully saturated rings. The second-order valence-electron chi connectivity index (χ2n) is 7.92. The Balaban J connectivity index is 1.67. The molecule has 1 aromatic heterocycles. The van der Waals surface area contributed by atoms with E-state index in [0.717, 1.165) is 42.5 Å². The van der Waals surface area contributed by atoms with E-state index in [1.54, 1.807) is 0 Å². The Labute approximate surface area is 160 Å². The van der Waals surface area contributed by atoms with Crippen LogP contribution < -0.4 is 0 Å². The van der Waals surface area contributed by atoms with Gasteiger partial charge in [-0.2, -0.15) is 0 Å². The fourth-order valence-electron chi connectivity index (χ4n) is 3.17. The Kier molecular flexibility index (Phi) is 5.70. The molecule has 3 rings (SSSR count). The first-order valence-electron chi connectivity index (χ1n) is 9.27. The van der Waals surface area contributed by atoms with E-state index in [2.05, 4.69) is 55.2 Å². The number of piperidine rings is 1. The number of hydrogen-bond donors (Lipinski definition) is 0. The first-order valence-corrected chi connectivity index (χ1v) is 10.3. The predicted molar refractivity (Wildman–Crippen MR) is 106 cm³/mol. The summed E-state index contributed by atoms with van der Waals surface area (Å²) in [6.45, 7) is 8.41. The number of carbonyl (C=O) groups excluding carboxylic acids is 1. The summed E-state index contributed by atoms with van der Waals surface area (Å²) in [7, 11) is 1.96. The van der Waals surface area contributed by atoms with Crippen LogP contribution in [0.25, 0.3) is 11.4 Å². The highest BCUT2D eigenvalue weighted by atomic mass is 32.2. The lowest BCUT2D eigenvalue weighted by atomic mass is 9.87. The van der Waals surface area contributed by atoms with Gasteiger partial charge in [0.05, 0.1) is 5.75 Å². The van der Waals surface area contributed by atoms with Gasteiger partial charge in [0.25, 0.3) is 0 Å². The van der Waals surface area contributed by atoms with Gasteiger partial charge in [-0.3, -0.25) is 4.79 Å². The topological polar surface area (TPSA) is 51.0 Å². The van der Waals surface area contributed by atoms with Gasteiger partial charge < -0.3 is 9.47 Å². The molecule has 0 bridgehead atoms. The van der Waals surface area contributed by atoms with Crippen molar-refractivity contribution in [2.75, 3.05) is 18.8 Å². The van der Waals surface area contributed by atoms with E-state index in [1.807, 2.05) is 16.5 Å². The number of aromatic nitrogens is 3. The van der Waals surface area contributed by atoms with E-state index in [1.165, 1.54) is 23.7 Å². The molecule has 1 aromatic carbocycles. The zero-order valence-corrected chi connectivity index (χ0v) is 17.0. The molecule has 0 unspecified atom stereocenters. The van der Waals surface area contributed by atoms with Crippen molar-refractivity contribution in [2.45, 2.75) is 50.6 Å². The molecule has 1 saturated heterocycles. The maximum Gasteiger partial charge on any atom is 0.233 e. The summed E-state index contributed by atoms with van der Waals surface area (Å²) in [5.41, 5.74) is 2.47. The monoisotopic (exact) mass is 372 g/mol. The van der Waals surface area contributed by atoms with Crippen LogP contribution in [0.2, 0.25) is 0 Å². The highest BCUT2D eigenvalue weighted by Gasteiger charge is 2.19. The molecular formula is C20H28N4OS. The summed E-state index contributed by atoms with van der Waals surface area (Å²) in [6, 6.07) is 8.49. The average molecular weight is 373 g/mol. The Morgan fingerprint density at radius 2 is 1.73 bits per heavy atom. The number of likely N-dealkylation sites (tertiary alicyclic amines) is 1. The lowest BCUT2D eigenvalue weighted by molar-refractivity contribution is -0.129. The quantitative estimate of drug-likeness (QED) is 0.764. The van der Waals surface area contributed by atoms with Crippen LogP contribution >= 0.6 is 11.8 Å².